The maximum Gasteiger partial charge on any atom is 0.408 e. The average Bonchev–Trinajstić information content (AvgIpc) is 2.58. The molecule has 0 aliphatic heterocycles. The first-order chi connectivity index (χ1) is 11.2. The molecule has 2 aromatic rings. The summed E-state index contributed by atoms with van der Waals surface area (Å²) in [7, 11) is 0. The van der Waals surface area contributed by atoms with E-state index in [0.717, 1.165) is 17.4 Å². The standard InChI is InChI=1S/C19H17NO3/c1-15-9-10-18(13-21)17(12-15)8-5-11-20-19(22)23-14-16-6-3-2-4-7-16/h2-4,6-7,9-10,12-13H,11,14H2,1H3,(H,20,22). The minimum Gasteiger partial charge on any atom is -0.445 e. The van der Waals surface area contributed by atoms with Crippen molar-refractivity contribution in [1.29, 1.82) is 0 Å². The van der Waals surface area contributed by atoms with Crippen LogP contribution in [0.5, 0.6) is 0 Å². The van der Waals surface area contributed by atoms with Gasteiger partial charge >= 0.3 is 6.09 Å². The number of benzene rings is 2. The van der Waals surface area contributed by atoms with Crippen molar-refractivity contribution in [2.75, 3.05) is 6.54 Å². The summed E-state index contributed by atoms with van der Waals surface area (Å²) in [6.07, 6.45) is 0.244. The van der Waals surface area contributed by atoms with Crippen molar-refractivity contribution >= 4 is 12.4 Å². The Hall–Kier alpha value is -3.06. The van der Waals surface area contributed by atoms with Gasteiger partial charge in [-0.2, -0.15) is 0 Å². The summed E-state index contributed by atoms with van der Waals surface area (Å²) < 4.78 is 5.07. The largest absolute Gasteiger partial charge is 0.445 e. The summed E-state index contributed by atoms with van der Waals surface area (Å²) in [5.41, 5.74) is 3.13. The molecule has 116 valence electrons. The fraction of sp³-hybridized carbons (Fsp3) is 0.158. The number of nitrogens with one attached hydrogen (secondary N) is 1. The number of amides is 1. The molecule has 0 fully saturated rings. The zero-order valence-electron chi connectivity index (χ0n) is 12.8. The zero-order valence-corrected chi connectivity index (χ0v) is 12.8. The van der Waals surface area contributed by atoms with Crippen LogP contribution in [0.15, 0.2) is 48.5 Å². The Labute approximate surface area is 135 Å². The molecule has 1 amide bonds. The lowest BCUT2D eigenvalue weighted by molar-refractivity contribution is 0.112. The molecule has 4 heteroatoms. The smallest absolute Gasteiger partial charge is 0.408 e. The fourth-order valence-corrected chi connectivity index (χ4v) is 1.91. The Morgan fingerprint density at radius 2 is 2.00 bits per heavy atom. The van der Waals surface area contributed by atoms with E-state index in [1.807, 2.05) is 49.4 Å². The zero-order chi connectivity index (χ0) is 16.5. The lowest BCUT2D eigenvalue weighted by Gasteiger charge is -2.04. The van der Waals surface area contributed by atoms with Crippen molar-refractivity contribution < 1.29 is 14.3 Å². The second kappa shape index (κ2) is 8.40. The highest BCUT2D eigenvalue weighted by Gasteiger charge is 2.01. The lowest BCUT2D eigenvalue weighted by Crippen LogP contribution is -2.24. The van der Waals surface area contributed by atoms with Gasteiger partial charge in [0, 0.05) is 11.1 Å². The maximum atomic E-state index is 11.5. The second-order valence-corrected chi connectivity index (χ2v) is 4.93. The maximum absolute atomic E-state index is 11.5. The average molecular weight is 307 g/mol. The van der Waals surface area contributed by atoms with Crippen LogP contribution in [-0.4, -0.2) is 18.9 Å². The third kappa shape index (κ3) is 5.33. The first-order valence-electron chi connectivity index (χ1n) is 7.18. The summed E-state index contributed by atoms with van der Waals surface area (Å²) in [5.74, 6) is 5.69. The van der Waals surface area contributed by atoms with Crippen molar-refractivity contribution in [2.45, 2.75) is 13.5 Å². The highest BCUT2D eigenvalue weighted by atomic mass is 16.5. The molecule has 0 aliphatic rings. The van der Waals surface area contributed by atoms with Crippen LogP contribution in [0.1, 0.15) is 27.0 Å². The number of alkyl carbamates (subject to hydrolysis) is 1. The third-order valence-corrected chi connectivity index (χ3v) is 3.09. The molecule has 4 nitrogen and oxygen atoms in total. The number of carbonyl (C=O) groups is 2. The van der Waals surface area contributed by atoms with Crippen LogP contribution in [0.4, 0.5) is 4.79 Å². The van der Waals surface area contributed by atoms with E-state index in [1.165, 1.54) is 0 Å². The SMILES string of the molecule is Cc1ccc(C=O)c(C#CCNC(=O)OCc2ccccc2)c1. The van der Waals surface area contributed by atoms with Crippen LogP contribution in [-0.2, 0) is 11.3 Å². The number of rotatable bonds is 4. The number of ether oxygens (including phenoxy) is 1. The van der Waals surface area contributed by atoms with Gasteiger partial charge in [-0.1, -0.05) is 54.3 Å². The quantitative estimate of drug-likeness (QED) is 0.697. The molecular weight excluding hydrogens is 290 g/mol. The number of aldehydes is 1. The molecule has 0 saturated carbocycles. The van der Waals surface area contributed by atoms with Gasteiger partial charge in [-0.25, -0.2) is 4.79 Å². The Kier molecular flexibility index (Phi) is 5.96. The molecular formula is C19H17NO3. The van der Waals surface area contributed by atoms with Crippen molar-refractivity contribution in [3.05, 3.63) is 70.8 Å². The van der Waals surface area contributed by atoms with E-state index in [-0.39, 0.29) is 13.2 Å². The molecule has 0 heterocycles. The van der Waals surface area contributed by atoms with Gasteiger partial charge in [-0.05, 0) is 24.1 Å². The molecule has 0 saturated heterocycles. The fourth-order valence-electron chi connectivity index (χ4n) is 1.91. The number of hydrogen-bond acceptors (Lipinski definition) is 3. The van der Waals surface area contributed by atoms with Crippen LogP contribution in [0.2, 0.25) is 0 Å². The molecule has 0 radical (unpaired) electrons. The third-order valence-electron chi connectivity index (χ3n) is 3.09. The highest BCUT2D eigenvalue weighted by Crippen LogP contribution is 2.08. The van der Waals surface area contributed by atoms with Crippen LogP contribution < -0.4 is 5.32 Å². The molecule has 0 aliphatic carbocycles. The molecule has 0 unspecified atom stereocenters. The van der Waals surface area contributed by atoms with E-state index in [0.29, 0.717) is 11.1 Å². The van der Waals surface area contributed by atoms with Gasteiger partial charge in [-0.15, -0.1) is 0 Å². The molecule has 0 spiro atoms. The molecule has 2 aromatic carbocycles. The van der Waals surface area contributed by atoms with Crippen LogP contribution in [0.3, 0.4) is 0 Å². The van der Waals surface area contributed by atoms with Gasteiger partial charge in [0.1, 0.15) is 6.61 Å². The number of aryl methyl sites for hydroxylation is 1. The molecule has 0 aromatic heterocycles. The minimum absolute atomic E-state index is 0.153. The van der Waals surface area contributed by atoms with Gasteiger partial charge in [0.05, 0.1) is 6.54 Å². The molecule has 0 bridgehead atoms. The Bertz CT molecular complexity index is 742. The van der Waals surface area contributed by atoms with Gasteiger partial charge in [0.2, 0.25) is 0 Å². The normalized spacial score (nSPS) is 9.43. The second-order valence-electron chi connectivity index (χ2n) is 4.93. The van der Waals surface area contributed by atoms with Crippen molar-refractivity contribution in [3.63, 3.8) is 0 Å². The monoisotopic (exact) mass is 307 g/mol. The Balaban J connectivity index is 1.82. The molecule has 1 N–H and O–H groups in total. The topological polar surface area (TPSA) is 55.4 Å². The van der Waals surface area contributed by atoms with Crippen LogP contribution in [0, 0.1) is 18.8 Å². The molecule has 2 rings (SSSR count). The van der Waals surface area contributed by atoms with Gasteiger partial charge < -0.3 is 10.1 Å². The highest BCUT2D eigenvalue weighted by molar-refractivity contribution is 5.79. The predicted molar refractivity (Wildman–Crippen MR) is 88.1 cm³/mol. The predicted octanol–water partition coefficient (Wildman–Crippen LogP) is 3.09. The van der Waals surface area contributed by atoms with E-state index >= 15 is 0 Å². The Morgan fingerprint density at radius 1 is 1.22 bits per heavy atom. The van der Waals surface area contributed by atoms with Gasteiger partial charge in [0.25, 0.3) is 0 Å². The number of hydrogen-bond donors (Lipinski definition) is 1. The Morgan fingerprint density at radius 3 is 2.74 bits per heavy atom. The summed E-state index contributed by atoms with van der Waals surface area (Å²) >= 11 is 0. The van der Waals surface area contributed by atoms with E-state index in [4.69, 9.17) is 4.74 Å². The first kappa shape index (κ1) is 16.3. The van der Waals surface area contributed by atoms with E-state index in [1.54, 1.807) is 6.07 Å². The summed E-state index contributed by atoms with van der Waals surface area (Å²) in [6.45, 7) is 2.30. The number of carbonyl (C=O) groups excluding carboxylic acids is 2. The summed E-state index contributed by atoms with van der Waals surface area (Å²) in [4.78, 5) is 22.5. The van der Waals surface area contributed by atoms with Crippen LogP contribution >= 0.6 is 0 Å². The van der Waals surface area contributed by atoms with Crippen molar-refractivity contribution in [3.8, 4) is 11.8 Å². The lowest BCUT2D eigenvalue weighted by atomic mass is 10.1. The summed E-state index contributed by atoms with van der Waals surface area (Å²) in [6, 6.07) is 14.9. The molecule has 23 heavy (non-hydrogen) atoms. The first-order valence-corrected chi connectivity index (χ1v) is 7.18. The minimum atomic E-state index is -0.525. The summed E-state index contributed by atoms with van der Waals surface area (Å²) in [5, 5.41) is 2.55. The van der Waals surface area contributed by atoms with Crippen molar-refractivity contribution in [2.24, 2.45) is 0 Å². The van der Waals surface area contributed by atoms with Gasteiger partial charge in [-0.3, -0.25) is 4.79 Å². The van der Waals surface area contributed by atoms with Crippen LogP contribution in [0.25, 0.3) is 0 Å². The van der Waals surface area contributed by atoms with E-state index in [9.17, 15) is 9.59 Å². The molecule has 0 atom stereocenters. The van der Waals surface area contributed by atoms with E-state index in [2.05, 4.69) is 17.2 Å². The van der Waals surface area contributed by atoms with E-state index < -0.39 is 6.09 Å². The van der Waals surface area contributed by atoms with Gasteiger partial charge in [0.15, 0.2) is 6.29 Å². The van der Waals surface area contributed by atoms with Crippen molar-refractivity contribution in [1.82, 2.24) is 5.32 Å².